The van der Waals surface area contributed by atoms with Crippen LogP contribution in [0, 0.1) is 6.92 Å². The molecule has 2 rings (SSSR count). The maximum Gasteiger partial charge on any atom is 0.258 e. The standard InChI is InChI=1S/C17H17NO2S/c1-3-17(19)18(13-15-7-5-4-6-8-15)21(20)16-11-9-14(2)10-12-16/h3-12H,1,13H2,2H3/t21-/m0/s1. The van der Waals surface area contributed by atoms with Gasteiger partial charge in [-0.1, -0.05) is 54.6 Å². The summed E-state index contributed by atoms with van der Waals surface area (Å²) < 4.78 is 13.9. The number of amides is 1. The van der Waals surface area contributed by atoms with Gasteiger partial charge in [-0.3, -0.25) is 4.79 Å². The van der Waals surface area contributed by atoms with Crippen molar-refractivity contribution in [1.29, 1.82) is 0 Å². The van der Waals surface area contributed by atoms with Crippen molar-refractivity contribution < 1.29 is 9.00 Å². The summed E-state index contributed by atoms with van der Waals surface area (Å²) in [6.45, 7) is 5.73. The Morgan fingerprint density at radius 3 is 2.33 bits per heavy atom. The number of benzene rings is 2. The molecule has 0 aromatic heterocycles. The van der Waals surface area contributed by atoms with Crippen LogP contribution in [0.2, 0.25) is 0 Å². The monoisotopic (exact) mass is 299 g/mol. The minimum atomic E-state index is -1.55. The number of hydrogen-bond acceptors (Lipinski definition) is 2. The largest absolute Gasteiger partial charge is 0.269 e. The van der Waals surface area contributed by atoms with Gasteiger partial charge in [-0.05, 0) is 30.7 Å². The van der Waals surface area contributed by atoms with Gasteiger partial charge in [0, 0.05) is 0 Å². The molecule has 0 spiro atoms. The lowest BCUT2D eigenvalue weighted by molar-refractivity contribution is -0.121. The van der Waals surface area contributed by atoms with Crippen molar-refractivity contribution in [3.63, 3.8) is 0 Å². The molecule has 2 aromatic rings. The van der Waals surface area contributed by atoms with Gasteiger partial charge >= 0.3 is 0 Å². The molecular formula is C17H17NO2S. The van der Waals surface area contributed by atoms with Gasteiger partial charge in [0.2, 0.25) is 0 Å². The molecule has 1 atom stereocenters. The molecule has 0 aliphatic heterocycles. The van der Waals surface area contributed by atoms with E-state index in [0.717, 1.165) is 11.1 Å². The average molecular weight is 299 g/mol. The first kappa shape index (κ1) is 15.2. The third-order valence-electron chi connectivity index (χ3n) is 3.01. The van der Waals surface area contributed by atoms with E-state index in [9.17, 15) is 9.00 Å². The zero-order valence-corrected chi connectivity index (χ0v) is 12.7. The molecule has 0 saturated heterocycles. The van der Waals surface area contributed by atoms with E-state index >= 15 is 0 Å². The molecule has 0 aliphatic carbocycles. The van der Waals surface area contributed by atoms with E-state index in [1.54, 1.807) is 12.1 Å². The summed E-state index contributed by atoms with van der Waals surface area (Å²) in [5.74, 6) is -0.349. The van der Waals surface area contributed by atoms with Crippen LogP contribution in [0.1, 0.15) is 11.1 Å². The van der Waals surface area contributed by atoms with E-state index in [2.05, 4.69) is 6.58 Å². The quantitative estimate of drug-likeness (QED) is 0.795. The van der Waals surface area contributed by atoms with Gasteiger partial charge in [-0.25, -0.2) is 8.51 Å². The van der Waals surface area contributed by atoms with Crippen LogP contribution >= 0.6 is 0 Å². The minimum Gasteiger partial charge on any atom is -0.269 e. The lowest BCUT2D eigenvalue weighted by atomic mass is 10.2. The summed E-state index contributed by atoms with van der Waals surface area (Å²) in [4.78, 5) is 12.6. The summed E-state index contributed by atoms with van der Waals surface area (Å²) in [6.07, 6.45) is 1.19. The molecule has 3 nitrogen and oxygen atoms in total. The third-order valence-corrected chi connectivity index (χ3v) is 4.40. The third kappa shape index (κ3) is 3.89. The molecule has 0 N–H and O–H groups in total. The van der Waals surface area contributed by atoms with Gasteiger partial charge in [-0.15, -0.1) is 0 Å². The number of hydrogen-bond donors (Lipinski definition) is 0. The van der Waals surface area contributed by atoms with Gasteiger partial charge in [0.15, 0.2) is 11.0 Å². The van der Waals surface area contributed by atoms with Crippen LogP contribution in [0.25, 0.3) is 0 Å². The second-order valence-electron chi connectivity index (χ2n) is 4.63. The van der Waals surface area contributed by atoms with Crippen LogP contribution < -0.4 is 0 Å². The smallest absolute Gasteiger partial charge is 0.258 e. The molecule has 0 radical (unpaired) electrons. The Morgan fingerprint density at radius 2 is 1.76 bits per heavy atom. The topological polar surface area (TPSA) is 37.4 Å². The molecular weight excluding hydrogens is 282 g/mol. The highest BCUT2D eigenvalue weighted by atomic mass is 32.2. The highest BCUT2D eigenvalue weighted by Crippen LogP contribution is 2.16. The highest BCUT2D eigenvalue weighted by molar-refractivity contribution is 7.83. The molecule has 21 heavy (non-hydrogen) atoms. The average Bonchev–Trinajstić information content (AvgIpc) is 2.53. The first-order valence-corrected chi connectivity index (χ1v) is 7.69. The molecule has 0 fully saturated rings. The summed E-state index contributed by atoms with van der Waals surface area (Å²) in [5.41, 5.74) is 2.01. The molecule has 1 amide bonds. The Kier molecular flexibility index (Phi) is 5.06. The van der Waals surface area contributed by atoms with Crippen LogP contribution in [-0.2, 0) is 22.3 Å². The van der Waals surface area contributed by atoms with Gasteiger partial charge in [0.1, 0.15) is 0 Å². The number of rotatable bonds is 5. The van der Waals surface area contributed by atoms with Gasteiger partial charge in [0.05, 0.1) is 11.4 Å². The van der Waals surface area contributed by atoms with E-state index in [1.807, 2.05) is 49.4 Å². The summed E-state index contributed by atoms with van der Waals surface area (Å²) >= 11 is 0. The first-order valence-electron chi connectivity index (χ1n) is 6.58. The molecule has 0 bridgehead atoms. The number of carbonyl (C=O) groups excluding carboxylic acids is 1. The van der Waals surface area contributed by atoms with Gasteiger partial charge < -0.3 is 0 Å². The molecule has 108 valence electrons. The second kappa shape index (κ2) is 6.99. The molecule has 0 heterocycles. The van der Waals surface area contributed by atoms with E-state index in [1.165, 1.54) is 10.4 Å². The Bertz CT molecular complexity index is 650. The Morgan fingerprint density at radius 1 is 1.14 bits per heavy atom. The predicted molar refractivity (Wildman–Crippen MR) is 84.8 cm³/mol. The van der Waals surface area contributed by atoms with E-state index in [0.29, 0.717) is 4.90 Å². The van der Waals surface area contributed by atoms with Crippen LogP contribution in [0.5, 0.6) is 0 Å². The van der Waals surface area contributed by atoms with Crippen LogP contribution in [0.3, 0.4) is 0 Å². The number of aryl methyl sites for hydroxylation is 1. The van der Waals surface area contributed by atoms with Crippen molar-refractivity contribution >= 4 is 16.9 Å². The van der Waals surface area contributed by atoms with Crippen molar-refractivity contribution in [1.82, 2.24) is 4.31 Å². The molecule has 4 heteroatoms. The van der Waals surface area contributed by atoms with Crippen LogP contribution in [0.15, 0.2) is 72.1 Å². The van der Waals surface area contributed by atoms with E-state index < -0.39 is 11.0 Å². The fraction of sp³-hybridized carbons (Fsp3) is 0.118. The number of carbonyl (C=O) groups is 1. The molecule has 0 saturated carbocycles. The van der Waals surface area contributed by atoms with Crippen molar-refractivity contribution in [2.75, 3.05) is 0 Å². The highest BCUT2D eigenvalue weighted by Gasteiger charge is 2.19. The number of nitrogens with zero attached hydrogens (tertiary/aromatic N) is 1. The van der Waals surface area contributed by atoms with Crippen LogP contribution in [0.4, 0.5) is 0 Å². The SMILES string of the molecule is C=CC(=O)N(Cc1ccccc1)[S@@](=O)c1ccc(C)cc1. The predicted octanol–water partition coefficient (Wildman–Crippen LogP) is 3.23. The maximum absolute atomic E-state index is 12.6. The fourth-order valence-electron chi connectivity index (χ4n) is 1.85. The zero-order valence-electron chi connectivity index (χ0n) is 11.9. The van der Waals surface area contributed by atoms with Crippen molar-refractivity contribution in [2.45, 2.75) is 18.4 Å². The lowest BCUT2D eigenvalue weighted by Gasteiger charge is -2.20. The Hall–Kier alpha value is -2.20. The first-order chi connectivity index (χ1) is 10.1. The summed E-state index contributed by atoms with van der Waals surface area (Å²) in [7, 11) is -1.55. The Balaban J connectivity index is 2.27. The maximum atomic E-state index is 12.6. The van der Waals surface area contributed by atoms with Gasteiger partial charge in [-0.2, -0.15) is 0 Å². The van der Waals surface area contributed by atoms with E-state index in [4.69, 9.17) is 0 Å². The molecule has 0 aliphatic rings. The molecule has 2 aromatic carbocycles. The summed E-state index contributed by atoms with van der Waals surface area (Å²) in [5, 5.41) is 0. The Labute approximate surface area is 127 Å². The van der Waals surface area contributed by atoms with Crippen LogP contribution in [-0.4, -0.2) is 14.4 Å². The second-order valence-corrected chi connectivity index (χ2v) is 6.04. The lowest BCUT2D eigenvalue weighted by Crippen LogP contribution is -2.30. The fourth-order valence-corrected chi connectivity index (χ4v) is 2.98. The normalized spacial score (nSPS) is 11.7. The van der Waals surface area contributed by atoms with Crippen molar-refractivity contribution in [3.05, 3.63) is 78.4 Å². The van der Waals surface area contributed by atoms with Gasteiger partial charge in [0.25, 0.3) is 5.91 Å². The minimum absolute atomic E-state index is 0.284. The summed E-state index contributed by atoms with van der Waals surface area (Å²) in [6, 6.07) is 16.8. The molecule has 0 unspecified atom stereocenters. The zero-order chi connectivity index (χ0) is 15.2. The van der Waals surface area contributed by atoms with E-state index in [-0.39, 0.29) is 12.5 Å². The van der Waals surface area contributed by atoms with Crippen molar-refractivity contribution in [2.24, 2.45) is 0 Å². The van der Waals surface area contributed by atoms with Crippen molar-refractivity contribution in [3.8, 4) is 0 Å².